The molecule has 2 aliphatic heterocycles. The lowest BCUT2D eigenvalue weighted by Gasteiger charge is -2.47. The summed E-state index contributed by atoms with van der Waals surface area (Å²) in [5.41, 5.74) is 0. The van der Waals surface area contributed by atoms with Gasteiger partial charge >= 0.3 is 25.7 Å². The van der Waals surface area contributed by atoms with Crippen molar-refractivity contribution in [2.24, 2.45) is 11.8 Å². The monoisotopic (exact) mass is 1390 g/mol. The van der Waals surface area contributed by atoms with Crippen LogP contribution in [-0.4, -0.2) is 132 Å². The van der Waals surface area contributed by atoms with Crippen LogP contribution in [0.25, 0.3) is 0 Å². The standard InChI is InChI=1S/C78H149O17P/c1-12-21-30-33-36-39-42-45-48-51-66(84-55-25-16-5)60-71(80)93-73-64(10)77(86-57-27-18-7)92-69(75(73)85-56-26-17-6)63-87-78-65(11)74(76(68(91-78)62-83-54-24-15-4)95-96(82,88-58-28-19-8)89-59-29-20-9)94-72(81)61-67(52-49-46-43-40-37-34-31-22-13-2)90-70(79)53-50-47-44-41-38-35-32-23-14-3/h64-69,73-78H,12-63H2,1-11H3/t64?,65-,66+,67+,68?,69?,73+,74?,75+,76+,77-,78+/m0/s1. The van der Waals surface area contributed by atoms with E-state index in [0.717, 1.165) is 135 Å². The van der Waals surface area contributed by atoms with Crippen molar-refractivity contribution in [3.05, 3.63) is 0 Å². The molecule has 0 bridgehead atoms. The maximum atomic E-state index is 15.0. The number of hydrogen-bond donors (Lipinski definition) is 0. The van der Waals surface area contributed by atoms with E-state index in [1.807, 2.05) is 27.7 Å². The van der Waals surface area contributed by atoms with Gasteiger partial charge in [-0.2, -0.15) is 0 Å². The molecule has 568 valence electrons. The van der Waals surface area contributed by atoms with E-state index < -0.39 is 80.9 Å². The summed E-state index contributed by atoms with van der Waals surface area (Å²) < 4.78 is 100. The summed E-state index contributed by atoms with van der Waals surface area (Å²) in [4.78, 5) is 43.1. The number of carbonyl (C=O) groups excluding carboxylic acids is 3. The van der Waals surface area contributed by atoms with E-state index in [4.69, 9.17) is 60.9 Å². The molecule has 0 radical (unpaired) electrons. The number of unbranched alkanes of at least 4 members (excludes halogenated alkanes) is 30. The second kappa shape index (κ2) is 60.8. The smallest absolute Gasteiger partial charge is 0.462 e. The summed E-state index contributed by atoms with van der Waals surface area (Å²) >= 11 is 0. The number of hydrogen-bond acceptors (Lipinski definition) is 17. The van der Waals surface area contributed by atoms with E-state index >= 15 is 4.57 Å². The van der Waals surface area contributed by atoms with E-state index in [1.165, 1.54) is 109 Å². The Morgan fingerprint density at radius 1 is 0.365 bits per heavy atom. The molecule has 0 spiro atoms. The minimum absolute atomic E-state index is 0.0270. The van der Waals surface area contributed by atoms with Crippen LogP contribution in [0.4, 0.5) is 0 Å². The Morgan fingerprint density at radius 2 is 0.740 bits per heavy atom. The van der Waals surface area contributed by atoms with Gasteiger partial charge in [0.15, 0.2) is 12.6 Å². The largest absolute Gasteiger partial charge is 0.475 e. The summed E-state index contributed by atoms with van der Waals surface area (Å²) in [6.45, 7) is 25.0. The van der Waals surface area contributed by atoms with Crippen LogP contribution < -0.4 is 0 Å². The molecule has 2 heterocycles. The molecule has 0 aromatic rings. The maximum Gasteiger partial charge on any atom is 0.475 e. The Hall–Kier alpha value is -1.76. The zero-order valence-corrected chi connectivity index (χ0v) is 64.5. The van der Waals surface area contributed by atoms with Crippen molar-refractivity contribution < 1.29 is 79.9 Å². The minimum atomic E-state index is -4.33. The molecule has 12 atom stereocenters. The third-order valence-corrected chi connectivity index (χ3v) is 20.3. The van der Waals surface area contributed by atoms with Crippen LogP contribution in [0.3, 0.4) is 0 Å². The molecule has 18 heteroatoms. The Balaban J connectivity index is 2.64. The van der Waals surface area contributed by atoms with Crippen molar-refractivity contribution in [1.29, 1.82) is 0 Å². The number of rotatable bonds is 67. The first-order valence-corrected chi connectivity index (χ1v) is 41.7. The van der Waals surface area contributed by atoms with Gasteiger partial charge in [-0.1, -0.05) is 275 Å². The quantitative estimate of drug-likeness (QED) is 0.0242. The Morgan fingerprint density at radius 3 is 1.23 bits per heavy atom. The van der Waals surface area contributed by atoms with E-state index in [9.17, 15) is 14.4 Å². The number of ether oxygens (including phenoxy) is 10. The molecule has 2 aliphatic rings. The van der Waals surface area contributed by atoms with Crippen LogP contribution in [0.15, 0.2) is 0 Å². The van der Waals surface area contributed by atoms with Crippen LogP contribution in [0.1, 0.15) is 359 Å². The fourth-order valence-corrected chi connectivity index (χ4v) is 13.9. The average Bonchev–Trinajstić information content (AvgIpc) is 0.795. The van der Waals surface area contributed by atoms with Gasteiger partial charge in [0, 0.05) is 44.7 Å². The number of esters is 3. The summed E-state index contributed by atoms with van der Waals surface area (Å²) in [7, 11) is -4.33. The van der Waals surface area contributed by atoms with E-state index in [0.29, 0.717) is 45.7 Å². The topological polar surface area (TPSA) is 188 Å². The third kappa shape index (κ3) is 42.6. The SMILES string of the molecule is CCCCCCCCCCCC(=O)O[C@H](CCCCCCCCCCC)CC(=O)OC1[C@H](OP(=O)(OCCCC)OCCCC)C(COCCCC)O[C@@H](OCC2O[C@H](OCCCC)C(C)[C@@H](OC(=O)C[C@@H](CCCCCCCCCCC)OCCCC)[C@@H]2OCCCC)[C@H]1C. The van der Waals surface area contributed by atoms with Crippen LogP contribution in [0.2, 0.25) is 0 Å². The van der Waals surface area contributed by atoms with Crippen LogP contribution in [0, 0.1) is 11.8 Å². The molecule has 17 nitrogen and oxygen atoms in total. The predicted octanol–water partition coefficient (Wildman–Crippen LogP) is 21.1. The summed E-state index contributed by atoms with van der Waals surface area (Å²) in [5, 5.41) is 0. The van der Waals surface area contributed by atoms with Gasteiger partial charge in [-0.3, -0.25) is 28.0 Å². The van der Waals surface area contributed by atoms with E-state index in [2.05, 4.69) is 48.5 Å². The third-order valence-electron chi connectivity index (χ3n) is 18.8. The highest BCUT2D eigenvalue weighted by Gasteiger charge is 2.53. The van der Waals surface area contributed by atoms with Crippen LogP contribution >= 0.6 is 7.82 Å². The van der Waals surface area contributed by atoms with Gasteiger partial charge in [0.2, 0.25) is 0 Å². The maximum absolute atomic E-state index is 15.0. The highest BCUT2D eigenvalue weighted by molar-refractivity contribution is 7.48. The van der Waals surface area contributed by atoms with Crippen molar-refractivity contribution in [1.82, 2.24) is 0 Å². The number of phosphoric ester groups is 1. The molecule has 96 heavy (non-hydrogen) atoms. The first-order valence-electron chi connectivity index (χ1n) is 40.3. The molecule has 2 saturated heterocycles. The minimum Gasteiger partial charge on any atom is -0.462 e. The first kappa shape index (κ1) is 90.3. The lowest BCUT2D eigenvalue weighted by molar-refractivity contribution is -0.320. The normalized spacial score (nSPS) is 22.1. The molecule has 2 fully saturated rings. The predicted molar refractivity (Wildman–Crippen MR) is 386 cm³/mol. The van der Waals surface area contributed by atoms with Gasteiger partial charge in [-0.25, -0.2) is 4.57 Å². The summed E-state index contributed by atoms with van der Waals surface area (Å²) in [6, 6.07) is 0. The zero-order chi connectivity index (χ0) is 70.1. The molecule has 0 N–H and O–H groups in total. The molecular weight excluding hydrogens is 1240 g/mol. The Labute approximate surface area is 587 Å². The lowest BCUT2D eigenvalue weighted by atomic mass is 9.91. The van der Waals surface area contributed by atoms with Gasteiger partial charge in [0.1, 0.15) is 42.7 Å². The van der Waals surface area contributed by atoms with Gasteiger partial charge in [0.05, 0.1) is 45.4 Å². The Bertz CT molecular complexity index is 1850. The van der Waals surface area contributed by atoms with Crippen LogP contribution in [-0.2, 0) is 79.9 Å². The van der Waals surface area contributed by atoms with Gasteiger partial charge in [-0.15, -0.1) is 0 Å². The fraction of sp³-hybridized carbons (Fsp3) is 0.962. The summed E-state index contributed by atoms with van der Waals surface area (Å²) in [6.07, 6.45) is 34.0. The van der Waals surface area contributed by atoms with E-state index in [1.54, 1.807) is 0 Å². The number of phosphoric acid groups is 1. The zero-order valence-electron chi connectivity index (χ0n) is 63.6. The highest BCUT2D eigenvalue weighted by Crippen LogP contribution is 2.53. The fourth-order valence-electron chi connectivity index (χ4n) is 12.4. The number of carbonyl (C=O) groups is 3. The second-order valence-corrected chi connectivity index (χ2v) is 29.6. The average molecular weight is 1390 g/mol. The van der Waals surface area contributed by atoms with Gasteiger partial charge in [0.25, 0.3) is 0 Å². The van der Waals surface area contributed by atoms with Gasteiger partial charge < -0.3 is 47.4 Å². The first-order chi connectivity index (χ1) is 46.8. The van der Waals surface area contributed by atoms with E-state index in [-0.39, 0.29) is 63.7 Å². The second-order valence-electron chi connectivity index (χ2n) is 28.0. The highest BCUT2D eigenvalue weighted by atomic mass is 31.2. The van der Waals surface area contributed by atoms with Crippen molar-refractivity contribution in [3.63, 3.8) is 0 Å². The molecule has 2 rings (SSSR count). The van der Waals surface area contributed by atoms with Gasteiger partial charge in [-0.05, 0) is 64.2 Å². The van der Waals surface area contributed by atoms with Crippen molar-refractivity contribution in [2.75, 3.05) is 52.9 Å². The molecule has 0 saturated carbocycles. The Kier molecular flexibility index (Phi) is 57.2. The van der Waals surface area contributed by atoms with Crippen molar-refractivity contribution >= 4 is 25.7 Å². The summed E-state index contributed by atoms with van der Waals surface area (Å²) in [5.74, 6) is -2.44. The molecule has 4 unspecified atom stereocenters. The van der Waals surface area contributed by atoms with Crippen molar-refractivity contribution in [2.45, 2.75) is 420 Å². The molecule has 0 aromatic carbocycles. The van der Waals surface area contributed by atoms with Crippen molar-refractivity contribution in [3.8, 4) is 0 Å². The van der Waals surface area contributed by atoms with Crippen LogP contribution in [0.5, 0.6) is 0 Å². The molecular formula is C78H149O17P. The molecule has 0 aromatic heterocycles. The lowest BCUT2D eigenvalue weighted by Crippen LogP contribution is -2.60. The molecule has 0 amide bonds. The molecule has 0 aliphatic carbocycles.